The minimum absolute atomic E-state index is 0.0290. The standard InChI is InChI=1S/C36H56O11/c1-17(2)9-12-24(40)36(8,45)29-21(39)14-33(5)23-11-10-18-19(35(23,7)25(41)15-34(29,33)6)13-20(38)30(32(18,3)4)47-31-28(44)27(43)26(42)22(16-37)46-31/h10,19-23,26-31,37-39,42-45H,1,9,11-16H2,2-8H3/t19-,20-,21+,22+,23+,26+,27-,28+,29+,30+,31-,33-,34+,35-,36-/m0/s1. The molecule has 15 atom stereocenters. The monoisotopic (exact) mass is 664 g/mol. The fourth-order valence-electron chi connectivity index (χ4n) is 10.9. The van der Waals surface area contributed by atoms with Crippen LogP contribution in [0.1, 0.15) is 87.0 Å². The minimum atomic E-state index is -1.84. The Morgan fingerprint density at radius 3 is 2.26 bits per heavy atom. The minimum Gasteiger partial charge on any atom is -0.394 e. The van der Waals surface area contributed by atoms with E-state index in [-0.39, 0.29) is 42.7 Å². The molecule has 4 aliphatic carbocycles. The smallest absolute Gasteiger partial charge is 0.187 e. The second-order valence-corrected chi connectivity index (χ2v) is 16.8. The lowest BCUT2D eigenvalue weighted by molar-refractivity contribution is -0.327. The van der Waals surface area contributed by atoms with Gasteiger partial charge in [-0.2, -0.15) is 0 Å². The van der Waals surface area contributed by atoms with Crippen molar-refractivity contribution < 1.29 is 54.8 Å². The number of aliphatic hydroxyl groups is 7. The van der Waals surface area contributed by atoms with E-state index in [0.29, 0.717) is 19.3 Å². The second-order valence-electron chi connectivity index (χ2n) is 16.8. The lowest BCUT2D eigenvalue weighted by atomic mass is 9.38. The SMILES string of the molecule is C=C(C)CCC(=O)[C@](C)(O)[C@@H]1[C@H](O)C[C@@]2(C)[C@H]3CC=C4[C@H](C[C@H](O)[C@@H](O[C@@H]5O[C@H](CO)[C@@H](O)[C@H](O)[C@H]5O)C4(C)C)[C@]3(C)C(=O)C[C@]12C. The summed E-state index contributed by atoms with van der Waals surface area (Å²) in [4.78, 5) is 28.0. The molecule has 0 amide bonds. The van der Waals surface area contributed by atoms with Gasteiger partial charge in [0.1, 0.15) is 35.8 Å². The molecular weight excluding hydrogens is 608 g/mol. The van der Waals surface area contributed by atoms with E-state index in [1.54, 1.807) is 0 Å². The van der Waals surface area contributed by atoms with Crippen LogP contribution in [-0.4, -0.2) is 109 Å². The summed E-state index contributed by atoms with van der Waals surface area (Å²) in [5.41, 5.74) is -3.37. The van der Waals surface area contributed by atoms with Crippen molar-refractivity contribution in [3.63, 3.8) is 0 Å². The molecule has 5 aliphatic rings. The summed E-state index contributed by atoms with van der Waals surface area (Å²) in [7, 11) is 0. The first-order valence-corrected chi connectivity index (χ1v) is 17.1. The molecule has 266 valence electrons. The third-order valence-corrected chi connectivity index (χ3v) is 13.7. The zero-order chi connectivity index (χ0) is 35.2. The van der Waals surface area contributed by atoms with E-state index in [9.17, 15) is 45.3 Å². The van der Waals surface area contributed by atoms with Crippen LogP contribution < -0.4 is 0 Å². The maximum absolute atomic E-state index is 14.6. The molecule has 0 bridgehead atoms. The van der Waals surface area contributed by atoms with Gasteiger partial charge in [0.15, 0.2) is 12.1 Å². The summed E-state index contributed by atoms with van der Waals surface area (Å²) in [6, 6.07) is 0. The van der Waals surface area contributed by atoms with Crippen molar-refractivity contribution in [3.8, 4) is 0 Å². The average molecular weight is 665 g/mol. The van der Waals surface area contributed by atoms with Gasteiger partial charge in [-0.15, -0.1) is 6.58 Å². The van der Waals surface area contributed by atoms with Crippen molar-refractivity contribution in [1.82, 2.24) is 0 Å². The summed E-state index contributed by atoms with van der Waals surface area (Å²) in [6.07, 6.45) is -6.71. The lowest BCUT2D eigenvalue weighted by Gasteiger charge is -2.65. The van der Waals surface area contributed by atoms with Gasteiger partial charge in [0.2, 0.25) is 0 Å². The molecule has 47 heavy (non-hydrogen) atoms. The zero-order valence-corrected chi connectivity index (χ0v) is 28.8. The molecule has 0 unspecified atom stereocenters. The Kier molecular flexibility index (Phi) is 9.42. The molecule has 7 N–H and O–H groups in total. The van der Waals surface area contributed by atoms with Crippen LogP contribution in [0.15, 0.2) is 23.8 Å². The summed E-state index contributed by atoms with van der Waals surface area (Å²) in [5, 5.41) is 75.9. The summed E-state index contributed by atoms with van der Waals surface area (Å²) < 4.78 is 11.8. The molecular formula is C36H56O11. The average Bonchev–Trinajstić information content (AvgIpc) is 3.18. The first-order chi connectivity index (χ1) is 21.6. The molecule has 0 aromatic rings. The Hall–Kier alpha value is -1.54. The van der Waals surface area contributed by atoms with E-state index in [1.807, 2.05) is 34.6 Å². The largest absolute Gasteiger partial charge is 0.394 e. The number of ether oxygens (including phenoxy) is 2. The van der Waals surface area contributed by atoms with Crippen LogP contribution in [0.2, 0.25) is 0 Å². The van der Waals surface area contributed by atoms with Gasteiger partial charge in [0.25, 0.3) is 0 Å². The van der Waals surface area contributed by atoms with Gasteiger partial charge in [-0.05, 0) is 62.2 Å². The first kappa shape index (κ1) is 36.7. The number of rotatable bonds is 8. The molecule has 1 saturated heterocycles. The number of hydrogen-bond acceptors (Lipinski definition) is 11. The van der Waals surface area contributed by atoms with Gasteiger partial charge >= 0.3 is 0 Å². The lowest BCUT2D eigenvalue weighted by Crippen LogP contribution is -2.66. The molecule has 11 nitrogen and oxygen atoms in total. The zero-order valence-electron chi connectivity index (χ0n) is 28.8. The maximum atomic E-state index is 14.6. The highest BCUT2D eigenvalue weighted by molar-refractivity contribution is 5.90. The maximum Gasteiger partial charge on any atom is 0.187 e. The third-order valence-electron chi connectivity index (χ3n) is 13.7. The van der Waals surface area contributed by atoms with Crippen molar-refractivity contribution in [1.29, 1.82) is 0 Å². The van der Waals surface area contributed by atoms with Gasteiger partial charge in [-0.1, -0.05) is 51.8 Å². The highest BCUT2D eigenvalue weighted by Gasteiger charge is 2.74. The highest BCUT2D eigenvalue weighted by Crippen LogP contribution is 2.74. The number of Topliss-reactive ketones (excluding diaryl/α,β-unsaturated/α-hetero) is 2. The Labute approximate surface area is 277 Å². The molecule has 4 fully saturated rings. The second kappa shape index (κ2) is 12.1. The molecule has 0 aromatic heterocycles. The molecule has 0 radical (unpaired) electrons. The normalized spacial score (nSPS) is 48.9. The fraction of sp³-hybridized carbons (Fsp3) is 0.833. The molecule has 0 spiro atoms. The van der Waals surface area contributed by atoms with Gasteiger partial charge in [0, 0.05) is 29.6 Å². The van der Waals surface area contributed by atoms with Crippen molar-refractivity contribution in [3.05, 3.63) is 23.8 Å². The quantitative estimate of drug-likeness (QED) is 0.186. The van der Waals surface area contributed by atoms with Crippen molar-refractivity contribution >= 4 is 11.6 Å². The number of carbonyl (C=O) groups is 2. The van der Waals surface area contributed by atoms with E-state index < -0.39 is 88.8 Å². The molecule has 5 rings (SSSR count). The molecule has 0 aromatic carbocycles. The highest BCUT2D eigenvalue weighted by atomic mass is 16.7. The predicted octanol–water partition coefficient (Wildman–Crippen LogP) is 1.57. The van der Waals surface area contributed by atoms with Crippen LogP contribution in [-0.2, 0) is 19.1 Å². The van der Waals surface area contributed by atoms with E-state index in [1.165, 1.54) is 6.92 Å². The molecule has 1 heterocycles. The predicted molar refractivity (Wildman–Crippen MR) is 170 cm³/mol. The van der Waals surface area contributed by atoms with Gasteiger partial charge in [-0.3, -0.25) is 9.59 Å². The third kappa shape index (κ3) is 5.26. The van der Waals surface area contributed by atoms with Crippen LogP contribution in [0.4, 0.5) is 0 Å². The number of hydrogen-bond donors (Lipinski definition) is 7. The van der Waals surface area contributed by atoms with Crippen molar-refractivity contribution in [2.24, 2.45) is 39.4 Å². The molecule has 11 heteroatoms. The molecule has 3 saturated carbocycles. The van der Waals surface area contributed by atoms with Gasteiger partial charge in [0.05, 0.1) is 24.9 Å². The Morgan fingerprint density at radius 2 is 1.66 bits per heavy atom. The Balaban J connectivity index is 1.47. The summed E-state index contributed by atoms with van der Waals surface area (Å²) in [5.74, 6) is -1.87. The summed E-state index contributed by atoms with van der Waals surface area (Å²) >= 11 is 0. The van der Waals surface area contributed by atoms with E-state index in [4.69, 9.17) is 9.47 Å². The van der Waals surface area contributed by atoms with Crippen LogP contribution in [0.25, 0.3) is 0 Å². The number of allylic oxidation sites excluding steroid dienone is 2. The van der Waals surface area contributed by atoms with Crippen LogP contribution in [0, 0.1) is 39.4 Å². The Bertz CT molecular complexity index is 1310. The van der Waals surface area contributed by atoms with Crippen molar-refractivity contribution in [2.75, 3.05) is 6.61 Å². The molecule has 1 aliphatic heterocycles. The van der Waals surface area contributed by atoms with Gasteiger partial charge in [-0.25, -0.2) is 0 Å². The van der Waals surface area contributed by atoms with E-state index in [0.717, 1.165) is 11.1 Å². The fourth-order valence-corrected chi connectivity index (χ4v) is 10.9. The van der Waals surface area contributed by atoms with Crippen LogP contribution in [0.3, 0.4) is 0 Å². The number of carbonyl (C=O) groups excluding carboxylic acids is 2. The Morgan fingerprint density at radius 1 is 1.02 bits per heavy atom. The van der Waals surface area contributed by atoms with Crippen molar-refractivity contribution in [2.45, 2.75) is 142 Å². The van der Waals surface area contributed by atoms with E-state index in [2.05, 4.69) is 19.6 Å². The number of fused-ring (bicyclic) bond motifs is 5. The number of aliphatic hydroxyl groups excluding tert-OH is 6. The van der Waals surface area contributed by atoms with Gasteiger partial charge < -0.3 is 45.2 Å². The van der Waals surface area contributed by atoms with Crippen LogP contribution in [0.5, 0.6) is 0 Å². The van der Waals surface area contributed by atoms with Crippen LogP contribution >= 0.6 is 0 Å². The van der Waals surface area contributed by atoms with E-state index >= 15 is 0 Å². The summed E-state index contributed by atoms with van der Waals surface area (Å²) in [6.45, 7) is 16.3. The number of ketones is 2. The topological polar surface area (TPSA) is 194 Å². The first-order valence-electron chi connectivity index (χ1n) is 17.1.